The van der Waals surface area contributed by atoms with Gasteiger partial charge in [-0.1, -0.05) is 13.8 Å². The summed E-state index contributed by atoms with van der Waals surface area (Å²) in [6, 6.07) is 3.87. The second-order valence-electron chi connectivity index (χ2n) is 7.94. The van der Waals surface area contributed by atoms with E-state index in [4.69, 9.17) is 5.73 Å². The number of carbonyl (C=O) groups is 1. The monoisotopic (exact) mass is 395 g/mol. The molecule has 2 aromatic heterocycles. The lowest BCUT2D eigenvalue weighted by Crippen LogP contribution is -2.54. The number of aromatic nitrogens is 4. The molecule has 3 heterocycles. The molecule has 0 saturated carbocycles. The fourth-order valence-corrected chi connectivity index (χ4v) is 3.74. The number of halogens is 1. The summed E-state index contributed by atoms with van der Waals surface area (Å²) in [5.41, 5.74) is 6.32. The van der Waals surface area contributed by atoms with E-state index >= 15 is 0 Å². The summed E-state index contributed by atoms with van der Waals surface area (Å²) < 4.78 is 1.67. The number of amides is 1. The van der Waals surface area contributed by atoms with Crippen molar-refractivity contribution in [3.63, 3.8) is 0 Å². The second-order valence-corrected chi connectivity index (χ2v) is 7.94. The van der Waals surface area contributed by atoms with Crippen molar-refractivity contribution in [2.45, 2.75) is 45.6 Å². The van der Waals surface area contributed by atoms with Gasteiger partial charge in [0.25, 0.3) is 0 Å². The largest absolute Gasteiger partial charge is 0.355 e. The summed E-state index contributed by atoms with van der Waals surface area (Å²) >= 11 is 0. The van der Waals surface area contributed by atoms with E-state index in [1.54, 1.807) is 10.8 Å². The smallest absolute Gasteiger partial charge is 0.223 e. The van der Waals surface area contributed by atoms with E-state index in [1.807, 2.05) is 19.1 Å². The van der Waals surface area contributed by atoms with Gasteiger partial charge in [-0.15, -0.1) is 27.7 Å². The van der Waals surface area contributed by atoms with Crippen molar-refractivity contribution >= 4 is 29.8 Å². The molecule has 27 heavy (non-hydrogen) atoms. The summed E-state index contributed by atoms with van der Waals surface area (Å²) in [5.74, 6) is 1.54. The molecule has 0 aliphatic carbocycles. The maximum atomic E-state index is 12.7. The molecule has 1 aliphatic rings. The Labute approximate surface area is 166 Å². The van der Waals surface area contributed by atoms with E-state index in [-0.39, 0.29) is 29.8 Å². The Morgan fingerprint density at radius 2 is 2.07 bits per heavy atom. The Morgan fingerprint density at radius 3 is 2.70 bits per heavy atom. The highest BCUT2D eigenvalue weighted by Gasteiger charge is 2.31. The van der Waals surface area contributed by atoms with Crippen molar-refractivity contribution in [3.8, 4) is 0 Å². The predicted molar refractivity (Wildman–Crippen MR) is 108 cm³/mol. The normalized spacial score (nSPS) is 17.6. The molecule has 0 bridgehead atoms. The fraction of sp³-hybridized carbons (Fsp3) is 0.667. The number of anilines is 1. The van der Waals surface area contributed by atoms with Crippen LogP contribution in [0.3, 0.4) is 0 Å². The van der Waals surface area contributed by atoms with Gasteiger partial charge in [0.1, 0.15) is 12.1 Å². The number of nitrogens with one attached hydrogen (secondary N) is 1. The van der Waals surface area contributed by atoms with Gasteiger partial charge in [-0.2, -0.15) is 4.52 Å². The van der Waals surface area contributed by atoms with Crippen LogP contribution in [0.2, 0.25) is 0 Å². The molecule has 2 aromatic rings. The molecule has 0 aromatic carbocycles. The molecule has 3 rings (SSSR count). The minimum Gasteiger partial charge on any atom is -0.355 e. The van der Waals surface area contributed by atoms with Gasteiger partial charge in [0.2, 0.25) is 5.91 Å². The van der Waals surface area contributed by atoms with Gasteiger partial charge in [0, 0.05) is 31.1 Å². The molecule has 0 radical (unpaired) electrons. The van der Waals surface area contributed by atoms with Crippen molar-refractivity contribution < 1.29 is 4.79 Å². The van der Waals surface area contributed by atoms with Gasteiger partial charge < -0.3 is 16.0 Å². The molecular weight excluding hydrogens is 366 g/mol. The number of carbonyl (C=O) groups excluding carboxylic acids is 1. The quantitative estimate of drug-likeness (QED) is 0.771. The molecule has 0 spiro atoms. The van der Waals surface area contributed by atoms with Crippen LogP contribution in [0.4, 0.5) is 5.82 Å². The van der Waals surface area contributed by atoms with Crippen LogP contribution in [0.5, 0.6) is 0 Å². The Kier molecular flexibility index (Phi) is 7.00. The number of hydrogen-bond acceptors (Lipinski definition) is 6. The molecular formula is C18H30ClN7O. The summed E-state index contributed by atoms with van der Waals surface area (Å²) in [6.45, 7) is 8.41. The van der Waals surface area contributed by atoms with Crippen LogP contribution in [-0.2, 0) is 4.79 Å². The van der Waals surface area contributed by atoms with Crippen molar-refractivity contribution in [1.82, 2.24) is 25.1 Å². The SMILES string of the molecule is CC(C)CC(C)(CN)NC(=O)C1CCN(c2ccc3nncn3n2)CC1.Cl. The zero-order chi connectivity index (χ0) is 18.7. The average molecular weight is 396 g/mol. The maximum absolute atomic E-state index is 12.7. The highest BCUT2D eigenvalue weighted by Crippen LogP contribution is 2.24. The van der Waals surface area contributed by atoms with Crippen LogP contribution >= 0.6 is 12.4 Å². The average Bonchev–Trinajstić information content (AvgIpc) is 3.08. The van der Waals surface area contributed by atoms with Crippen LogP contribution in [0.1, 0.15) is 40.0 Å². The first-order chi connectivity index (χ1) is 12.4. The Bertz CT molecular complexity index is 757. The number of hydrogen-bond donors (Lipinski definition) is 2. The number of nitrogens with zero attached hydrogens (tertiary/aromatic N) is 5. The fourth-order valence-electron chi connectivity index (χ4n) is 3.74. The molecule has 1 aliphatic heterocycles. The number of piperidine rings is 1. The first-order valence-electron chi connectivity index (χ1n) is 9.34. The molecule has 3 N–H and O–H groups in total. The van der Waals surface area contributed by atoms with Crippen LogP contribution < -0.4 is 16.0 Å². The lowest BCUT2D eigenvalue weighted by Gasteiger charge is -2.36. The molecule has 1 amide bonds. The Balaban J connectivity index is 0.00000261. The first-order valence-corrected chi connectivity index (χ1v) is 9.34. The van der Waals surface area contributed by atoms with Gasteiger partial charge >= 0.3 is 0 Å². The number of nitrogens with two attached hydrogens (primary N) is 1. The van der Waals surface area contributed by atoms with E-state index in [9.17, 15) is 4.79 Å². The van der Waals surface area contributed by atoms with Crippen molar-refractivity contribution in [3.05, 3.63) is 18.5 Å². The third-order valence-corrected chi connectivity index (χ3v) is 5.07. The van der Waals surface area contributed by atoms with Crippen LogP contribution in [0.25, 0.3) is 5.65 Å². The molecule has 1 atom stereocenters. The second kappa shape index (κ2) is 8.84. The molecule has 1 fully saturated rings. The lowest BCUT2D eigenvalue weighted by molar-refractivity contribution is -0.127. The third kappa shape index (κ3) is 5.07. The van der Waals surface area contributed by atoms with E-state index < -0.39 is 0 Å². The van der Waals surface area contributed by atoms with Gasteiger partial charge in [-0.3, -0.25) is 4.79 Å². The van der Waals surface area contributed by atoms with Crippen molar-refractivity contribution in [2.75, 3.05) is 24.5 Å². The molecule has 8 nitrogen and oxygen atoms in total. The van der Waals surface area contributed by atoms with Gasteiger partial charge in [0.05, 0.1) is 0 Å². The Hall–Kier alpha value is -1.93. The zero-order valence-corrected chi connectivity index (χ0v) is 17.1. The summed E-state index contributed by atoms with van der Waals surface area (Å²) in [7, 11) is 0. The minimum atomic E-state index is -0.330. The summed E-state index contributed by atoms with van der Waals surface area (Å²) in [6.07, 6.45) is 4.12. The molecule has 1 unspecified atom stereocenters. The van der Waals surface area contributed by atoms with Crippen LogP contribution in [0, 0.1) is 11.8 Å². The van der Waals surface area contributed by atoms with E-state index in [0.717, 1.165) is 43.8 Å². The van der Waals surface area contributed by atoms with Gasteiger partial charge in [-0.25, -0.2) is 0 Å². The molecule has 150 valence electrons. The summed E-state index contributed by atoms with van der Waals surface area (Å²) in [5, 5.41) is 15.6. The maximum Gasteiger partial charge on any atom is 0.223 e. The topological polar surface area (TPSA) is 101 Å². The molecule has 1 saturated heterocycles. The lowest BCUT2D eigenvalue weighted by atomic mass is 9.88. The third-order valence-electron chi connectivity index (χ3n) is 5.07. The first kappa shape index (κ1) is 21.4. The zero-order valence-electron chi connectivity index (χ0n) is 16.3. The predicted octanol–water partition coefficient (Wildman–Crippen LogP) is 1.64. The highest BCUT2D eigenvalue weighted by atomic mass is 35.5. The van der Waals surface area contributed by atoms with E-state index in [2.05, 4.69) is 39.4 Å². The van der Waals surface area contributed by atoms with E-state index in [0.29, 0.717) is 12.5 Å². The van der Waals surface area contributed by atoms with Crippen molar-refractivity contribution in [2.24, 2.45) is 17.6 Å². The van der Waals surface area contributed by atoms with Crippen LogP contribution in [0.15, 0.2) is 18.5 Å². The summed E-state index contributed by atoms with van der Waals surface area (Å²) in [4.78, 5) is 14.9. The standard InChI is InChI=1S/C18H29N7O.ClH/c1-13(2)10-18(3,11-19)21-17(26)14-6-8-24(9-7-14)16-5-4-15-22-20-12-25(15)23-16;/h4-5,12-14H,6-11,19H2,1-3H3,(H,21,26);1H. The number of rotatable bonds is 6. The molecule has 9 heteroatoms. The Morgan fingerprint density at radius 1 is 1.37 bits per heavy atom. The van der Waals surface area contributed by atoms with E-state index in [1.165, 1.54) is 0 Å². The minimum absolute atomic E-state index is 0. The van der Waals surface area contributed by atoms with Crippen molar-refractivity contribution in [1.29, 1.82) is 0 Å². The van der Waals surface area contributed by atoms with Gasteiger partial charge in [-0.05, 0) is 44.2 Å². The van der Waals surface area contributed by atoms with Crippen LogP contribution in [-0.4, -0.2) is 50.9 Å². The van der Waals surface area contributed by atoms with Gasteiger partial charge in [0.15, 0.2) is 5.65 Å². The number of fused-ring (bicyclic) bond motifs is 1. The highest BCUT2D eigenvalue weighted by molar-refractivity contribution is 5.85.